The van der Waals surface area contributed by atoms with Crippen molar-refractivity contribution in [2.75, 3.05) is 6.61 Å². The Bertz CT molecular complexity index is 176. The standard InChI is InChI=1S/C8H17NO2Si/c1-12(2,3)11-6-7-4-5-8(10)9-7/h7H,4-6H2,1-3H3,(H,9,10)/t7-/m0/s1. The van der Waals surface area contributed by atoms with Crippen LogP contribution in [0.15, 0.2) is 0 Å². The number of carbonyl (C=O) groups is 1. The Morgan fingerprint density at radius 1 is 1.58 bits per heavy atom. The van der Waals surface area contributed by atoms with E-state index in [9.17, 15) is 4.79 Å². The maximum absolute atomic E-state index is 10.8. The molecule has 0 aromatic heterocycles. The SMILES string of the molecule is C[Si](C)(C)OC[C@@H]1CCC(=O)N1. The molecule has 1 saturated heterocycles. The van der Waals surface area contributed by atoms with E-state index in [4.69, 9.17) is 4.43 Å². The maximum Gasteiger partial charge on any atom is 0.220 e. The lowest BCUT2D eigenvalue weighted by Gasteiger charge is -2.20. The highest BCUT2D eigenvalue weighted by atomic mass is 28.4. The van der Waals surface area contributed by atoms with Gasteiger partial charge in [0.25, 0.3) is 0 Å². The zero-order valence-electron chi connectivity index (χ0n) is 8.02. The number of amides is 1. The lowest BCUT2D eigenvalue weighted by atomic mass is 10.2. The van der Waals surface area contributed by atoms with Crippen LogP contribution < -0.4 is 5.32 Å². The summed E-state index contributed by atoms with van der Waals surface area (Å²) in [6.07, 6.45) is 1.60. The Balaban J connectivity index is 2.20. The molecule has 0 unspecified atom stereocenters. The van der Waals surface area contributed by atoms with Crippen LogP contribution in [-0.4, -0.2) is 26.9 Å². The molecule has 0 aliphatic carbocycles. The van der Waals surface area contributed by atoms with Gasteiger partial charge in [-0.3, -0.25) is 4.79 Å². The third-order valence-corrected chi connectivity index (χ3v) is 2.84. The molecule has 1 amide bonds. The molecular formula is C8H17NO2Si. The van der Waals surface area contributed by atoms with Crippen molar-refractivity contribution in [3.63, 3.8) is 0 Å². The van der Waals surface area contributed by atoms with Crippen LogP contribution in [-0.2, 0) is 9.22 Å². The van der Waals surface area contributed by atoms with Crippen LogP contribution in [0.5, 0.6) is 0 Å². The first kappa shape index (κ1) is 9.73. The molecule has 3 nitrogen and oxygen atoms in total. The van der Waals surface area contributed by atoms with Gasteiger partial charge in [-0.15, -0.1) is 0 Å². The topological polar surface area (TPSA) is 38.3 Å². The molecule has 0 radical (unpaired) electrons. The molecule has 0 aromatic rings. The molecule has 0 spiro atoms. The van der Waals surface area contributed by atoms with E-state index in [-0.39, 0.29) is 11.9 Å². The lowest BCUT2D eigenvalue weighted by molar-refractivity contribution is -0.119. The molecule has 12 heavy (non-hydrogen) atoms. The van der Waals surface area contributed by atoms with Gasteiger partial charge in [0.15, 0.2) is 8.32 Å². The summed E-state index contributed by atoms with van der Waals surface area (Å²) in [6, 6.07) is 0.268. The summed E-state index contributed by atoms with van der Waals surface area (Å²) in [5.41, 5.74) is 0. The molecule has 1 heterocycles. The Morgan fingerprint density at radius 3 is 2.67 bits per heavy atom. The second-order valence-corrected chi connectivity index (χ2v) is 8.74. The quantitative estimate of drug-likeness (QED) is 0.672. The average Bonchev–Trinajstić information content (AvgIpc) is 2.30. The number of nitrogens with one attached hydrogen (secondary N) is 1. The number of rotatable bonds is 3. The van der Waals surface area contributed by atoms with Crippen molar-refractivity contribution in [2.45, 2.75) is 38.5 Å². The Hall–Kier alpha value is -0.353. The molecule has 1 N–H and O–H groups in total. The highest BCUT2D eigenvalue weighted by Gasteiger charge is 2.23. The summed E-state index contributed by atoms with van der Waals surface area (Å²) >= 11 is 0. The van der Waals surface area contributed by atoms with Gasteiger partial charge in [-0.2, -0.15) is 0 Å². The maximum atomic E-state index is 10.8. The highest BCUT2D eigenvalue weighted by Crippen LogP contribution is 2.10. The highest BCUT2D eigenvalue weighted by molar-refractivity contribution is 6.69. The second-order valence-electron chi connectivity index (χ2n) is 4.23. The van der Waals surface area contributed by atoms with Crippen molar-refractivity contribution in [3.05, 3.63) is 0 Å². The van der Waals surface area contributed by atoms with E-state index < -0.39 is 8.32 Å². The van der Waals surface area contributed by atoms with Crippen LogP contribution in [0.1, 0.15) is 12.8 Å². The van der Waals surface area contributed by atoms with Crippen molar-refractivity contribution in [1.29, 1.82) is 0 Å². The fourth-order valence-electron chi connectivity index (χ4n) is 1.15. The molecule has 1 fully saturated rings. The molecule has 1 atom stereocenters. The van der Waals surface area contributed by atoms with Gasteiger partial charge in [0.2, 0.25) is 5.91 Å². The predicted molar refractivity (Wildman–Crippen MR) is 50.5 cm³/mol. The molecule has 4 heteroatoms. The predicted octanol–water partition coefficient (Wildman–Crippen LogP) is 1.12. The monoisotopic (exact) mass is 187 g/mol. The van der Waals surface area contributed by atoms with E-state index in [1.165, 1.54) is 0 Å². The van der Waals surface area contributed by atoms with Crippen LogP contribution in [0, 0.1) is 0 Å². The summed E-state index contributed by atoms with van der Waals surface area (Å²) in [7, 11) is -1.40. The summed E-state index contributed by atoms with van der Waals surface area (Å²) in [4.78, 5) is 10.8. The zero-order valence-corrected chi connectivity index (χ0v) is 9.02. The third-order valence-electron chi connectivity index (χ3n) is 1.80. The van der Waals surface area contributed by atoms with Gasteiger partial charge in [-0.05, 0) is 26.1 Å². The smallest absolute Gasteiger partial charge is 0.220 e. The molecule has 0 bridgehead atoms. The number of hydrogen-bond donors (Lipinski definition) is 1. The Kier molecular flexibility index (Phi) is 2.90. The van der Waals surface area contributed by atoms with Gasteiger partial charge >= 0.3 is 0 Å². The van der Waals surface area contributed by atoms with Crippen molar-refractivity contribution in [1.82, 2.24) is 5.32 Å². The van der Waals surface area contributed by atoms with Gasteiger partial charge in [0.1, 0.15) is 0 Å². The third kappa shape index (κ3) is 3.36. The molecule has 70 valence electrons. The normalized spacial score (nSPS) is 24.2. The Labute approximate surface area is 74.6 Å². The second kappa shape index (κ2) is 3.58. The van der Waals surface area contributed by atoms with Crippen LogP contribution in [0.2, 0.25) is 19.6 Å². The summed E-state index contributed by atoms with van der Waals surface area (Å²) in [6.45, 7) is 7.17. The zero-order chi connectivity index (χ0) is 9.19. The van der Waals surface area contributed by atoms with E-state index in [2.05, 4.69) is 25.0 Å². The van der Waals surface area contributed by atoms with Crippen molar-refractivity contribution in [2.24, 2.45) is 0 Å². The van der Waals surface area contributed by atoms with E-state index in [1.807, 2.05) is 0 Å². The fraction of sp³-hybridized carbons (Fsp3) is 0.875. The van der Waals surface area contributed by atoms with Gasteiger partial charge in [-0.1, -0.05) is 0 Å². The first-order valence-electron chi connectivity index (χ1n) is 4.41. The van der Waals surface area contributed by atoms with E-state index >= 15 is 0 Å². The molecular weight excluding hydrogens is 170 g/mol. The van der Waals surface area contributed by atoms with Crippen LogP contribution in [0.3, 0.4) is 0 Å². The minimum Gasteiger partial charge on any atom is -0.416 e. The summed E-state index contributed by atoms with van der Waals surface area (Å²) in [5, 5.41) is 2.88. The fourth-order valence-corrected chi connectivity index (χ4v) is 1.85. The van der Waals surface area contributed by atoms with Gasteiger partial charge in [0.05, 0.1) is 12.6 Å². The molecule has 1 aliphatic rings. The molecule has 1 aliphatic heterocycles. The minimum absolute atomic E-state index is 0.166. The van der Waals surface area contributed by atoms with E-state index in [1.54, 1.807) is 0 Å². The van der Waals surface area contributed by atoms with E-state index in [0.29, 0.717) is 13.0 Å². The number of carbonyl (C=O) groups excluding carboxylic acids is 1. The van der Waals surface area contributed by atoms with Gasteiger partial charge in [-0.25, -0.2) is 0 Å². The van der Waals surface area contributed by atoms with Crippen LogP contribution in [0.25, 0.3) is 0 Å². The van der Waals surface area contributed by atoms with E-state index in [0.717, 1.165) is 6.42 Å². The average molecular weight is 187 g/mol. The van der Waals surface area contributed by atoms with Crippen molar-refractivity contribution in [3.8, 4) is 0 Å². The summed E-state index contributed by atoms with van der Waals surface area (Å²) in [5.74, 6) is 0.166. The van der Waals surface area contributed by atoms with Gasteiger partial charge in [0, 0.05) is 6.42 Å². The minimum atomic E-state index is -1.40. The summed E-state index contributed by atoms with van der Waals surface area (Å²) < 4.78 is 5.69. The van der Waals surface area contributed by atoms with Crippen LogP contribution in [0.4, 0.5) is 0 Å². The number of hydrogen-bond acceptors (Lipinski definition) is 2. The lowest BCUT2D eigenvalue weighted by Crippen LogP contribution is -2.35. The molecule has 1 rings (SSSR count). The Morgan fingerprint density at radius 2 is 2.25 bits per heavy atom. The largest absolute Gasteiger partial charge is 0.416 e. The first-order chi connectivity index (χ1) is 5.47. The molecule has 0 aromatic carbocycles. The molecule has 0 saturated carbocycles. The first-order valence-corrected chi connectivity index (χ1v) is 7.81. The van der Waals surface area contributed by atoms with Crippen molar-refractivity contribution < 1.29 is 9.22 Å². The van der Waals surface area contributed by atoms with Crippen LogP contribution >= 0.6 is 0 Å². The van der Waals surface area contributed by atoms with Gasteiger partial charge < -0.3 is 9.74 Å². The van der Waals surface area contributed by atoms with Crippen molar-refractivity contribution >= 4 is 14.2 Å².